The summed E-state index contributed by atoms with van der Waals surface area (Å²) in [6.45, 7) is 0.317. The zero-order chi connectivity index (χ0) is 17.8. The number of carbonyl (C=O) groups excluding carboxylic acids is 1. The number of hydrogen-bond acceptors (Lipinski definition) is 3. The van der Waals surface area contributed by atoms with Crippen LogP contribution in [0, 0.1) is 11.6 Å². The lowest BCUT2D eigenvalue weighted by molar-refractivity contribution is 0.102. The van der Waals surface area contributed by atoms with Crippen molar-refractivity contribution in [2.24, 2.45) is 7.05 Å². The molecule has 0 saturated carbocycles. The standard InChI is InChI=1S/C18H15F2N3O2/c1-23-7-6-21-17(23)11-25-16-4-2-15(3-5-16)22-18(24)12-8-13(19)10-14(20)9-12/h2-10H,11H2,1H3,(H,22,24). The molecule has 0 aliphatic carbocycles. The lowest BCUT2D eigenvalue weighted by Crippen LogP contribution is -2.12. The highest BCUT2D eigenvalue weighted by molar-refractivity contribution is 6.04. The molecular weight excluding hydrogens is 328 g/mol. The fourth-order valence-electron chi connectivity index (χ4n) is 2.21. The summed E-state index contributed by atoms with van der Waals surface area (Å²) in [5, 5.41) is 2.57. The molecule has 2 aromatic carbocycles. The van der Waals surface area contributed by atoms with E-state index in [1.807, 2.05) is 17.8 Å². The highest BCUT2D eigenvalue weighted by atomic mass is 19.1. The van der Waals surface area contributed by atoms with E-state index in [0.29, 0.717) is 24.1 Å². The number of carbonyl (C=O) groups is 1. The molecule has 5 nitrogen and oxygen atoms in total. The molecule has 0 saturated heterocycles. The van der Waals surface area contributed by atoms with Crippen LogP contribution in [-0.2, 0) is 13.7 Å². The second-order valence-electron chi connectivity index (χ2n) is 5.38. The molecule has 0 atom stereocenters. The van der Waals surface area contributed by atoms with Crippen LogP contribution < -0.4 is 10.1 Å². The minimum Gasteiger partial charge on any atom is -0.486 e. The van der Waals surface area contributed by atoms with Crippen molar-refractivity contribution in [2.75, 3.05) is 5.32 Å². The Morgan fingerprint density at radius 1 is 1.16 bits per heavy atom. The Balaban J connectivity index is 1.62. The first kappa shape index (κ1) is 16.6. The zero-order valence-corrected chi connectivity index (χ0v) is 13.4. The molecular formula is C18H15F2N3O2. The van der Waals surface area contributed by atoms with Gasteiger partial charge in [0.1, 0.15) is 29.8 Å². The van der Waals surface area contributed by atoms with Crippen molar-refractivity contribution in [1.29, 1.82) is 0 Å². The van der Waals surface area contributed by atoms with Gasteiger partial charge < -0.3 is 14.6 Å². The smallest absolute Gasteiger partial charge is 0.255 e. The Labute approximate surface area is 142 Å². The largest absolute Gasteiger partial charge is 0.486 e. The van der Waals surface area contributed by atoms with E-state index >= 15 is 0 Å². The first-order chi connectivity index (χ1) is 12.0. The Morgan fingerprint density at radius 3 is 2.44 bits per heavy atom. The molecule has 0 aliphatic heterocycles. The van der Waals surface area contributed by atoms with Gasteiger partial charge in [-0.1, -0.05) is 0 Å². The first-order valence-corrected chi connectivity index (χ1v) is 7.48. The Bertz CT molecular complexity index is 871. The van der Waals surface area contributed by atoms with Gasteiger partial charge in [0.15, 0.2) is 0 Å². The zero-order valence-electron chi connectivity index (χ0n) is 13.4. The molecule has 0 unspecified atom stereocenters. The molecule has 1 amide bonds. The molecule has 1 N–H and O–H groups in total. The topological polar surface area (TPSA) is 56.1 Å². The van der Waals surface area contributed by atoms with Gasteiger partial charge in [-0.15, -0.1) is 0 Å². The summed E-state index contributed by atoms with van der Waals surface area (Å²) in [6, 6.07) is 9.31. The maximum atomic E-state index is 13.2. The Morgan fingerprint density at radius 2 is 1.84 bits per heavy atom. The van der Waals surface area contributed by atoms with Crippen LogP contribution in [-0.4, -0.2) is 15.5 Å². The van der Waals surface area contributed by atoms with Gasteiger partial charge in [0.2, 0.25) is 0 Å². The molecule has 0 bridgehead atoms. The van der Waals surface area contributed by atoms with E-state index in [2.05, 4.69) is 10.3 Å². The predicted octanol–water partition coefficient (Wildman–Crippen LogP) is 3.53. The van der Waals surface area contributed by atoms with Crippen molar-refractivity contribution < 1.29 is 18.3 Å². The number of benzene rings is 2. The number of amides is 1. The summed E-state index contributed by atoms with van der Waals surface area (Å²) in [6.07, 6.45) is 3.51. The molecule has 0 fully saturated rings. The number of imidazole rings is 1. The Hall–Kier alpha value is -3.22. The van der Waals surface area contributed by atoms with Gasteiger partial charge in [-0.3, -0.25) is 4.79 Å². The summed E-state index contributed by atoms with van der Waals surface area (Å²) < 4.78 is 33.8. The highest BCUT2D eigenvalue weighted by Gasteiger charge is 2.10. The van der Waals surface area contributed by atoms with E-state index in [0.717, 1.165) is 18.0 Å². The number of aromatic nitrogens is 2. The van der Waals surface area contributed by atoms with Crippen LogP contribution in [0.4, 0.5) is 14.5 Å². The Kier molecular flexibility index (Phi) is 4.74. The number of rotatable bonds is 5. The summed E-state index contributed by atoms with van der Waals surface area (Å²) >= 11 is 0. The van der Waals surface area contributed by atoms with Gasteiger partial charge in [-0.25, -0.2) is 13.8 Å². The summed E-state index contributed by atoms with van der Waals surface area (Å²) in [5.41, 5.74) is 0.395. The number of nitrogens with zero attached hydrogens (tertiary/aromatic N) is 2. The quantitative estimate of drug-likeness (QED) is 0.771. The lowest BCUT2D eigenvalue weighted by atomic mass is 10.2. The van der Waals surface area contributed by atoms with Crippen molar-refractivity contribution in [1.82, 2.24) is 9.55 Å². The maximum absolute atomic E-state index is 13.2. The summed E-state index contributed by atoms with van der Waals surface area (Å²) in [7, 11) is 1.87. The summed E-state index contributed by atoms with van der Waals surface area (Å²) in [4.78, 5) is 16.2. The van der Waals surface area contributed by atoms with Crippen molar-refractivity contribution in [3.8, 4) is 5.75 Å². The number of halogens is 2. The van der Waals surface area contributed by atoms with Crippen molar-refractivity contribution >= 4 is 11.6 Å². The molecule has 1 aromatic heterocycles. The van der Waals surface area contributed by atoms with Crippen LogP contribution in [0.1, 0.15) is 16.2 Å². The molecule has 3 rings (SSSR count). The van der Waals surface area contributed by atoms with Gasteiger partial charge in [0, 0.05) is 36.8 Å². The van der Waals surface area contributed by atoms with Crippen LogP contribution >= 0.6 is 0 Å². The normalized spacial score (nSPS) is 10.5. The predicted molar refractivity (Wildman–Crippen MR) is 88.3 cm³/mol. The van der Waals surface area contributed by atoms with Crippen molar-refractivity contribution in [2.45, 2.75) is 6.61 Å². The maximum Gasteiger partial charge on any atom is 0.255 e. The van der Waals surface area contributed by atoms with Crippen LogP contribution in [0.25, 0.3) is 0 Å². The third-order valence-electron chi connectivity index (χ3n) is 3.53. The minimum absolute atomic E-state index is 0.0902. The fourth-order valence-corrected chi connectivity index (χ4v) is 2.21. The van der Waals surface area contributed by atoms with Crippen LogP contribution in [0.3, 0.4) is 0 Å². The minimum atomic E-state index is -0.803. The monoisotopic (exact) mass is 343 g/mol. The molecule has 0 radical (unpaired) electrons. The first-order valence-electron chi connectivity index (χ1n) is 7.48. The van der Waals surface area contributed by atoms with Crippen LogP contribution in [0.5, 0.6) is 5.75 Å². The third-order valence-corrected chi connectivity index (χ3v) is 3.53. The number of nitrogens with one attached hydrogen (secondary N) is 1. The van der Waals surface area contributed by atoms with E-state index in [1.165, 1.54) is 0 Å². The lowest BCUT2D eigenvalue weighted by Gasteiger charge is -2.09. The highest BCUT2D eigenvalue weighted by Crippen LogP contribution is 2.18. The molecule has 1 heterocycles. The van der Waals surface area contributed by atoms with E-state index in [-0.39, 0.29) is 5.56 Å². The van der Waals surface area contributed by atoms with Gasteiger partial charge in [0.05, 0.1) is 0 Å². The van der Waals surface area contributed by atoms with Gasteiger partial charge in [-0.2, -0.15) is 0 Å². The molecule has 0 spiro atoms. The number of ether oxygens (including phenoxy) is 1. The van der Waals surface area contributed by atoms with Gasteiger partial charge in [0.25, 0.3) is 5.91 Å². The summed E-state index contributed by atoms with van der Waals surface area (Å²) in [5.74, 6) is -0.810. The SMILES string of the molecule is Cn1ccnc1COc1ccc(NC(=O)c2cc(F)cc(F)c2)cc1. The van der Waals surface area contributed by atoms with Crippen molar-refractivity contribution in [3.63, 3.8) is 0 Å². The second-order valence-corrected chi connectivity index (χ2v) is 5.38. The van der Waals surface area contributed by atoms with E-state index < -0.39 is 17.5 Å². The average molecular weight is 343 g/mol. The molecule has 3 aromatic rings. The van der Waals surface area contributed by atoms with E-state index in [1.54, 1.807) is 30.5 Å². The van der Waals surface area contributed by atoms with Crippen LogP contribution in [0.15, 0.2) is 54.9 Å². The van der Waals surface area contributed by atoms with Crippen LogP contribution in [0.2, 0.25) is 0 Å². The number of aryl methyl sites for hydroxylation is 1. The average Bonchev–Trinajstić information content (AvgIpc) is 2.98. The molecule has 128 valence electrons. The molecule has 0 aliphatic rings. The molecule has 7 heteroatoms. The van der Waals surface area contributed by atoms with Gasteiger partial charge in [-0.05, 0) is 36.4 Å². The number of hydrogen-bond donors (Lipinski definition) is 1. The molecule has 25 heavy (non-hydrogen) atoms. The van der Waals surface area contributed by atoms with E-state index in [9.17, 15) is 13.6 Å². The van der Waals surface area contributed by atoms with E-state index in [4.69, 9.17) is 4.74 Å². The fraction of sp³-hybridized carbons (Fsp3) is 0.111. The van der Waals surface area contributed by atoms with Gasteiger partial charge >= 0.3 is 0 Å². The number of anilines is 1. The van der Waals surface area contributed by atoms with Crippen molar-refractivity contribution in [3.05, 3.63) is 77.9 Å². The third kappa shape index (κ3) is 4.20. The second kappa shape index (κ2) is 7.12.